The molecule has 0 saturated heterocycles. The first kappa shape index (κ1) is 17.3. The topological polar surface area (TPSA) is 38.3 Å². The molecule has 2 unspecified atom stereocenters. The zero-order chi connectivity index (χ0) is 17.0. The number of aryl methyl sites for hydroxylation is 1. The molecule has 2 rings (SSSR count). The Morgan fingerprint density at radius 1 is 1.17 bits per heavy atom. The van der Waals surface area contributed by atoms with Gasteiger partial charge in [0, 0.05) is 5.02 Å². The molecule has 0 fully saturated rings. The molecule has 0 saturated carbocycles. The molecule has 0 aliphatic heterocycles. The summed E-state index contributed by atoms with van der Waals surface area (Å²) >= 11 is 6.01. The fourth-order valence-corrected chi connectivity index (χ4v) is 2.47. The van der Waals surface area contributed by atoms with Crippen LogP contribution in [0.3, 0.4) is 0 Å². The monoisotopic (exact) mass is 335 g/mol. The lowest BCUT2D eigenvalue weighted by Crippen LogP contribution is -2.37. The highest BCUT2D eigenvalue weighted by atomic mass is 35.5. The highest BCUT2D eigenvalue weighted by molar-refractivity contribution is 6.31. The molecule has 1 N–H and O–H groups in total. The smallest absolute Gasteiger partial charge is 0.261 e. The lowest BCUT2D eigenvalue weighted by molar-refractivity contribution is -0.127. The van der Waals surface area contributed by atoms with Crippen molar-refractivity contribution in [2.75, 3.05) is 0 Å². The Bertz CT molecular complexity index is 688. The summed E-state index contributed by atoms with van der Waals surface area (Å²) in [4.78, 5) is 12.2. The zero-order valence-electron chi connectivity index (χ0n) is 13.3. The highest BCUT2D eigenvalue weighted by Gasteiger charge is 2.19. The highest BCUT2D eigenvalue weighted by Crippen LogP contribution is 2.24. The van der Waals surface area contributed by atoms with Crippen molar-refractivity contribution in [3.63, 3.8) is 0 Å². The summed E-state index contributed by atoms with van der Waals surface area (Å²) in [6.07, 6.45) is -0.653. The number of benzene rings is 2. The first-order valence-electron chi connectivity index (χ1n) is 7.35. The number of hydrogen-bond acceptors (Lipinski definition) is 2. The maximum Gasteiger partial charge on any atom is 0.261 e. The molecule has 3 nitrogen and oxygen atoms in total. The fourth-order valence-electron chi connectivity index (χ4n) is 2.14. The first-order chi connectivity index (χ1) is 10.9. The molecule has 0 heterocycles. The molecule has 0 bridgehead atoms. The van der Waals surface area contributed by atoms with Gasteiger partial charge in [0.05, 0.1) is 6.04 Å². The number of carbonyl (C=O) groups excluding carboxylic acids is 1. The predicted octanol–water partition coefficient (Wildman–Crippen LogP) is 4.43. The molecule has 0 spiro atoms. The van der Waals surface area contributed by atoms with E-state index in [1.165, 1.54) is 12.1 Å². The van der Waals surface area contributed by atoms with Crippen LogP contribution < -0.4 is 10.1 Å². The van der Waals surface area contributed by atoms with Crippen molar-refractivity contribution in [3.8, 4) is 5.75 Å². The largest absolute Gasteiger partial charge is 0.481 e. The van der Waals surface area contributed by atoms with Gasteiger partial charge in [0.1, 0.15) is 11.6 Å². The van der Waals surface area contributed by atoms with E-state index in [2.05, 4.69) is 5.32 Å². The van der Waals surface area contributed by atoms with Crippen molar-refractivity contribution in [2.24, 2.45) is 0 Å². The third-order valence-electron chi connectivity index (χ3n) is 3.49. The van der Waals surface area contributed by atoms with Crippen molar-refractivity contribution < 1.29 is 13.9 Å². The Kier molecular flexibility index (Phi) is 5.61. The quantitative estimate of drug-likeness (QED) is 0.877. The van der Waals surface area contributed by atoms with E-state index in [9.17, 15) is 9.18 Å². The summed E-state index contributed by atoms with van der Waals surface area (Å²) in [7, 11) is 0. The lowest BCUT2D eigenvalue weighted by Gasteiger charge is -2.20. The van der Waals surface area contributed by atoms with Crippen LogP contribution in [0.15, 0.2) is 42.5 Å². The lowest BCUT2D eigenvalue weighted by atomic mass is 10.1. The molecule has 122 valence electrons. The Balaban J connectivity index is 1.98. The molecular formula is C18H19ClFNO2. The maximum absolute atomic E-state index is 13.1. The van der Waals surface area contributed by atoms with Crippen molar-refractivity contribution in [1.29, 1.82) is 0 Å². The van der Waals surface area contributed by atoms with E-state index in [-0.39, 0.29) is 17.0 Å². The van der Waals surface area contributed by atoms with Gasteiger partial charge in [-0.25, -0.2) is 4.39 Å². The van der Waals surface area contributed by atoms with E-state index in [4.69, 9.17) is 16.3 Å². The van der Waals surface area contributed by atoms with Gasteiger partial charge in [0.2, 0.25) is 0 Å². The second-order valence-corrected chi connectivity index (χ2v) is 5.88. The first-order valence-corrected chi connectivity index (χ1v) is 7.73. The Labute approximate surface area is 140 Å². The fraction of sp³-hybridized carbons (Fsp3) is 0.278. The minimum Gasteiger partial charge on any atom is -0.481 e. The molecule has 0 aromatic heterocycles. The Morgan fingerprint density at radius 2 is 1.83 bits per heavy atom. The van der Waals surface area contributed by atoms with Gasteiger partial charge >= 0.3 is 0 Å². The molecule has 2 aromatic carbocycles. The van der Waals surface area contributed by atoms with E-state index < -0.39 is 11.9 Å². The molecular weight excluding hydrogens is 317 g/mol. The molecule has 2 aromatic rings. The van der Waals surface area contributed by atoms with E-state index >= 15 is 0 Å². The second-order valence-electron chi connectivity index (χ2n) is 5.47. The van der Waals surface area contributed by atoms with Gasteiger partial charge < -0.3 is 10.1 Å². The van der Waals surface area contributed by atoms with Gasteiger partial charge in [-0.3, -0.25) is 4.79 Å². The van der Waals surface area contributed by atoms with Gasteiger partial charge in [-0.2, -0.15) is 0 Å². The number of halogens is 2. The number of hydrogen-bond donors (Lipinski definition) is 1. The standard InChI is InChI=1S/C18H19ClFNO2/c1-11-4-7-15(8-5-11)23-13(3)18(22)21-12(2)16-9-6-14(20)10-17(16)19/h4-10,12-13H,1-3H3,(H,21,22). The van der Waals surface area contributed by atoms with Crippen molar-refractivity contribution >= 4 is 17.5 Å². The Hall–Kier alpha value is -2.07. The van der Waals surface area contributed by atoms with Crippen LogP contribution in [0.1, 0.15) is 31.0 Å². The van der Waals surface area contributed by atoms with E-state index in [1.807, 2.05) is 31.2 Å². The minimum atomic E-state index is -0.653. The van der Waals surface area contributed by atoms with E-state index in [0.29, 0.717) is 11.3 Å². The SMILES string of the molecule is Cc1ccc(OC(C)C(=O)NC(C)c2ccc(F)cc2Cl)cc1. The molecule has 5 heteroatoms. The maximum atomic E-state index is 13.1. The summed E-state index contributed by atoms with van der Waals surface area (Å²) in [5.41, 5.74) is 1.78. The summed E-state index contributed by atoms with van der Waals surface area (Å²) in [5.74, 6) is -0.0440. The van der Waals surface area contributed by atoms with Gasteiger partial charge in [-0.05, 0) is 50.6 Å². The summed E-state index contributed by atoms with van der Waals surface area (Å²) in [6.45, 7) is 5.44. The molecule has 0 aliphatic rings. The molecule has 1 amide bonds. The predicted molar refractivity (Wildman–Crippen MR) is 89.2 cm³/mol. The third-order valence-corrected chi connectivity index (χ3v) is 3.82. The molecule has 0 aliphatic carbocycles. The van der Waals surface area contributed by atoms with E-state index in [1.54, 1.807) is 19.9 Å². The van der Waals surface area contributed by atoms with Gasteiger partial charge in [-0.1, -0.05) is 35.4 Å². The molecule has 23 heavy (non-hydrogen) atoms. The van der Waals surface area contributed by atoms with Crippen molar-refractivity contribution in [3.05, 3.63) is 64.4 Å². The van der Waals surface area contributed by atoms with Gasteiger partial charge in [-0.15, -0.1) is 0 Å². The van der Waals surface area contributed by atoms with Gasteiger partial charge in [0.15, 0.2) is 6.10 Å². The summed E-state index contributed by atoms with van der Waals surface area (Å²) < 4.78 is 18.7. The van der Waals surface area contributed by atoms with Crippen molar-refractivity contribution in [1.82, 2.24) is 5.32 Å². The van der Waals surface area contributed by atoms with Crippen LogP contribution in [-0.2, 0) is 4.79 Å². The van der Waals surface area contributed by atoms with E-state index in [0.717, 1.165) is 5.56 Å². The van der Waals surface area contributed by atoms with Crippen molar-refractivity contribution in [2.45, 2.75) is 32.9 Å². The van der Waals surface area contributed by atoms with Crippen LogP contribution in [0.4, 0.5) is 4.39 Å². The number of ether oxygens (including phenoxy) is 1. The van der Waals surface area contributed by atoms with Crippen LogP contribution in [-0.4, -0.2) is 12.0 Å². The van der Waals surface area contributed by atoms with Crippen LogP contribution in [0, 0.1) is 12.7 Å². The number of rotatable bonds is 5. The number of carbonyl (C=O) groups is 1. The zero-order valence-corrected chi connectivity index (χ0v) is 14.0. The third kappa shape index (κ3) is 4.70. The van der Waals surface area contributed by atoms with Crippen LogP contribution in [0.2, 0.25) is 5.02 Å². The average Bonchev–Trinajstić information content (AvgIpc) is 2.49. The molecule has 0 radical (unpaired) electrons. The normalized spacial score (nSPS) is 13.3. The Morgan fingerprint density at radius 3 is 2.43 bits per heavy atom. The number of amides is 1. The molecule has 2 atom stereocenters. The second kappa shape index (κ2) is 7.47. The van der Waals surface area contributed by atoms with Crippen LogP contribution in [0.25, 0.3) is 0 Å². The van der Waals surface area contributed by atoms with Crippen LogP contribution in [0.5, 0.6) is 5.75 Å². The van der Waals surface area contributed by atoms with Crippen LogP contribution >= 0.6 is 11.6 Å². The average molecular weight is 336 g/mol. The minimum absolute atomic E-state index is 0.265. The number of nitrogens with one attached hydrogen (secondary N) is 1. The summed E-state index contributed by atoms with van der Waals surface area (Å²) in [5, 5.41) is 3.10. The van der Waals surface area contributed by atoms with Gasteiger partial charge in [0.25, 0.3) is 5.91 Å². The summed E-state index contributed by atoms with van der Waals surface area (Å²) in [6, 6.07) is 11.2.